The van der Waals surface area contributed by atoms with Gasteiger partial charge in [-0.25, -0.2) is 0 Å². The topological polar surface area (TPSA) is 43.9 Å². The van der Waals surface area contributed by atoms with Crippen molar-refractivity contribution in [3.05, 3.63) is 0 Å². The van der Waals surface area contributed by atoms with Gasteiger partial charge in [0, 0.05) is 32.1 Å². The van der Waals surface area contributed by atoms with E-state index in [1.54, 1.807) is 0 Å². The molecule has 3 fully saturated rings. The van der Waals surface area contributed by atoms with Crippen LogP contribution in [0.15, 0.2) is 0 Å². The van der Waals surface area contributed by atoms with E-state index in [0.717, 1.165) is 32.5 Å². The molecule has 2 atom stereocenters. The fourth-order valence-electron chi connectivity index (χ4n) is 4.28. The molecule has 0 aromatic rings. The summed E-state index contributed by atoms with van der Waals surface area (Å²) in [5.41, 5.74) is 0. The molecule has 3 heterocycles. The van der Waals surface area contributed by atoms with Gasteiger partial charge in [0.05, 0.1) is 0 Å². The molecule has 3 saturated heterocycles. The number of carbonyl (C=O) groups is 2. The maximum absolute atomic E-state index is 13.0. The van der Waals surface area contributed by atoms with Crippen LogP contribution in [0.3, 0.4) is 0 Å². The number of likely N-dealkylation sites (tertiary alicyclic amines) is 3. The van der Waals surface area contributed by atoms with Crippen molar-refractivity contribution in [3.63, 3.8) is 0 Å². The molecule has 0 bridgehead atoms. The average Bonchev–Trinajstić information content (AvgIpc) is 3.18. The van der Waals surface area contributed by atoms with Gasteiger partial charge < -0.3 is 9.80 Å². The fourth-order valence-corrected chi connectivity index (χ4v) is 4.28. The summed E-state index contributed by atoms with van der Waals surface area (Å²) in [5, 5.41) is 0. The predicted octanol–water partition coefficient (Wildman–Crippen LogP) is 1.33. The zero-order valence-electron chi connectivity index (χ0n) is 14.0. The molecule has 22 heavy (non-hydrogen) atoms. The van der Waals surface area contributed by atoms with E-state index in [2.05, 4.69) is 18.7 Å². The lowest BCUT2D eigenvalue weighted by Gasteiger charge is -2.33. The van der Waals surface area contributed by atoms with Crippen LogP contribution in [0.2, 0.25) is 0 Å². The Bertz CT molecular complexity index is 432. The van der Waals surface area contributed by atoms with Gasteiger partial charge in [0.15, 0.2) is 0 Å². The standard InChI is InChI=1S/C17H29N3O2/c1-13(2)16(20-10-5-6-15(20)21)17(22)19-11-7-14(12-19)18-8-3-4-9-18/h13-14,16H,3-12H2,1-2H3. The summed E-state index contributed by atoms with van der Waals surface area (Å²) in [6.07, 6.45) is 5.17. The summed E-state index contributed by atoms with van der Waals surface area (Å²) in [5.74, 6) is 0.509. The normalized spacial score (nSPS) is 28.1. The Kier molecular flexibility index (Phi) is 4.71. The third-order valence-electron chi connectivity index (χ3n) is 5.46. The zero-order chi connectivity index (χ0) is 15.7. The first-order chi connectivity index (χ1) is 10.6. The lowest BCUT2D eigenvalue weighted by molar-refractivity contribution is -0.144. The highest BCUT2D eigenvalue weighted by Gasteiger charge is 2.40. The maximum Gasteiger partial charge on any atom is 0.245 e. The molecule has 0 spiro atoms. The van der Waals surface area contributed by atoms with Crippen LogP contribution >= 0.6 is 0 Å². The van der Waals surface area contributed by atoms with Crippen LogP contribution in [0.4, 0.5) is 0 Å². The van der Waals surface area contributed by atoms with Crippen LogP contribution in [0, 0.1) is 5.92 Å². The summed E-state index contributed by atoms with van der Waals surface area (Å²) in [6, 6.07) is 0.279. The third kappa shape index (κ3) is 3.00. The number of rotatable bonds is 4. The van der Waals surface area contributed by atoms with Gasteiger partial charge in [0.1, 0.15) is 6.04 Å². The van der Waals surface area contributed by atoms with Gasteiger partial charge in [-0.3, -0.25) is 14.5 Å². The average molecular weight is 307 g/mol. The molecule has 0 aliphatic carbocycles. The fraction of sp³-hybridized carbons (Fsp3) is 0.882. The second-order valence-corrected chi connectivity index (χ2v) is 7.35. The van der Waals surface area contributed by atoms with Crippen molar-refractivity contribution in [2.45, 2.75) is 58.0 Å². The highest BCUT2D eigenvalue weighted by molar-refractivity contribution is 5.89. The van der Waals surface area contributed by atoms with Gasteiger partial charge in [-0.05, 0) is 44.7 Å². The lowest BCUT2D eigenvalue weighted by Crippen LogP contribution is -2.51. The first kappa shape index (κ1) is 15.8. The Morgan fingerprint density at radius 3 is 2.41 bits per heavy atom. The van der Waals surface area contributed by atoms with Crippen molar-refractivity contribution in [2.75, 3.05) is 32.7 Å². The van der Waals surface area contributed by atoms with Crippen molar-refractivity contribution in [3.8, 4) is 0 Å². The molecule has 2 unspecified atom stereocenters. The van der Waals surface area contributed by atoms with Gasteiger partial charge in [-0.1, -0.05) is 13.8 Å². The molecule has 5 heteroatoms. The Labute approximate surface area is 133 Å². The van der Waals surface area contributed by atoms with Crippen molar-refractivity contribution in [1.82, 2.24) is 14.7 Å². The summed E-state index contributed by atoms with van der Waals surface area (Å²) in [7, 11) is 0. The Hall–Kier alpha value is -1.10. The molecule has 0 radical (unpaired) electrons. The van der Waals surface area contributed by atoms with Crippen LogP contribution in [0.1, 0.15) is 46.0 Å². The molecule has 3 aliphatic heterocycles. The smallest absolute Gasteiger partial charge is 0.245 e. The summed E-state index contributed by atoms with van der Waals surface area (Å²) in [4.78, 5) is 31.4. The second-order valence-electron chi connectivity index (χ2n) is 7.35. The van der Waals surface area contributed by atoms with Gasteiger partial charge >= 0.3 is 0 Å². The monoisotopic (exact) mass is 307 g/mol. The molecule has 0 aromatic heterocycles. The first-order valence-electron chi connectivity index (χ1n) is 8.90. The molecule has 124 valence electrons. The molecular weight excluding hydrogens is 278 g/mol. The molecule has 3 aliphatic rings. The summed E-state index contributed by atoms with van der Waals surface area (Å²) >= 11 is 0. The summed E-state index contributed by atoms with van der Waals surface area (Å²) < 4.78 is 0. The number of hydrogen-bond donors (Lipinski definition) is 0. The van der Waals surface area contributed by atoms with Crippen molar-refractivity contribution in [2.24, 2.45) is 5.92 Å². The Morgan fingerprint density at radius 2 is 1.82 bits per heavy atom. The van der Waals surface area contributed by atoms with Crippen LogP contribution < -0.4 is 0 Å². The SMILES string of the molecule is CC(C)C(C(=O)N1CCC(N2CCCC2)C1)N1CCCC1=O. The van der Waals surface area contributed by atoms with Crippen molar-refractivity contribution >= 4 is 11.8 Å². The van der Waals surface area contributed by atoms with Gasteiger partial charge in [0.2, 0.25) is 11.8 Å². The minimum Gasteiger partial charge on any atom is -0.339 e. The van der Waals surface area contributed by atoms with Crippen LogP contribution in [0.25, 0.3) is 0 Å². The van der Waals surface area contributed by atoms with Crippen LogP contribution in [-0.2, 0) is 9.59 Å². The lowest BCUT2D eigenvalue weighted by atomic mass is 10.0. The maximum atomic E-state index is 13.0. The zero-order valence-corrected chi connectivity index (χ0v) is 14.0. The Balaban J connectivity index is 1.65. The number of carbonyl (C=O) groups excluding carboxylic acids is 2. The molecule has 0 saturated carbocycles. The highest BCUT2D eigenvalue weighted by Crippen LogP contribution is 2.25. The molecule has 0 aromatic carbocycles. The molecule has 5 nitrogen and oxygen atoms in total. The predicted molar refractivity (Wildman–Crippen MR) is 85.4 cm³/mol. The Morgan fingerprint density at radius 1 is 1.09 bits per heavy atom. The quantitative estimate of drug-likeness (QED) is 0.787. The van der Waals surface area contributed by atoms with E-state index in [1.165, 1.54) is 25.9 Å². The van der Waals surface area contributed by atoms with E-state index in [1.807, 2.05) is 9.80 Å². The van der Waals surface area contributed by atoms with E-state index in [4.69, 9.17) is 0 Å². The first-order valence-corrected chi connectivity index (χ1v) is 8.90. The third-order valence-corrected chi connectivity index (χ3v) is 5.46. The second kappa shape index (κ2) is 6.57. The molecule has 0 N–H and O–H groups in total. The van der Waals surface area contributed by atoms with E-state index in [0.29, 0.717) is 12.5 Å². The van der Waals surface area contributed by atoms with E-state index in [-0.39, 0.29) is 23.8 Å². The van der Waals surface area contributed by atoms with Gasteiger partial charge in [-0.15, -0.1) is 0 Å². The van der Waals surface area contributed by atoms with Crippen molar-refractivity contribution < 1.29 is 9.59 Å². The minimum absolute atomic E-state index is 0.155. The molecule has 2 amide bonds. The minimum atomic E-state index is -0.257. The largest absolute Gasteiger partial charge is 0.339 e. The number of amides is 2. The van der Waals surface area contributed by atoms with Gasteiger partial charge in [-0.2, -0.15) is 0 Å². The molecule has 3 rings (SSSR count). The number of hydrogen-bond acceptors (Lipinski definition) is 3. The summed E-state index contributed by atoms with van der Waals surface area (Å²) in [6.45, 7) is 8.94. The van der Waals surface area contributed by atoms with Crippen LogP contribution in [-0.4, -0.2) is 71.3 Å². The van der Waals surface area contributed by atoms with E-state index < -0.39 is 0 Å². The van der Waals surface area contributed by atoms with Gasteiger partial charge in [0.25, 0.3) is 0 Å². The van der Waals surface area contributed by atoms with Crippen molar-refractivity contribution in [1.29, 1.82) is 0 Å². The van der Waals surface area contributed by atoms with Crippen LogP contribution in [0.5, 0.6) is 0 Å². The van der Waals surface area contributed by atoms with E-state index in [9.17, 15) is 9.59 Å². The van der Waals surface area contributed by atoms with E-state index >= 15 is 0 Å². The number of nitrogens with zero attached hydrogens (tertiary/aromatic N) is 3. The molecular formula is C17H29N3O2. The highest BCUT2D eigenvalue weighted by atomic mass is 16.2.